The van der Waals surface area contributed by atoms with Crippen molar-refractivity contribution in [2.45, 2.75) is 63.5 Å². The summed E-state index contributed by atoms with van der Waals surface area (Å²) < 4.78 is 0. The second-order valence-electron chi connectivity index (χ2n) is 4.36. The van der Waals surface area contributed by atoms with Gasteiger partial charge in [0, 0.05) is 11.3 Å². The molecule has 0 aromatic rings. The number of thioether (sulfide) groups is 1. The first-order chi connectivity index (χ1) is 7.51. The lowest BCUT2D eigenvalue weighted by atomic mass is 10.2. The van der Waals surface area contributed by atoms with Crippen molar-refractivity contribution in [3.8, 4) is 0 Å². The van der Waals surface area contributed by atoms with E-state index in [0.29, 0.717) is 11.8 Å². The van der Waals surface area contributed by atoms with E-state index in [1.54, 1.807) is 11.8 Å². The monoisotopic (exact) mass is 246 g/mol. The van der Waals surface area contributed by atoms with Gasteiger partial charge in [0.05, 0.1) is 5.25 Å². The van der Waals surface area contributed by atoms with Crippen molar-refractivity contribution < 1.29 is 4.79 Å². The molecule has 4 heteroatoms. The third-order valence-electron chi connectivity index (χ3n) is 2.49. The SMILES string of the molecule is CCCC(C)NC(=O)C(C)SC(C)CCN. The van der Waals surface area contributed by atoms with E-state index in [1.807, 2.05) is 6.92 Å². The summed E-state index contributed by atoms with van der Waals surface area (Å²) in [5.74, 6) is 0.148. The molecule has 0 saturated carbocycles. The summed E-state index contributed by atoms with van der Waals surface area (Å²) in [5, 5.41) is 3.50. The second kappa shape index (κ2) is 8.88. The van der Waals surface area contributed by atoms with Gasteiger partial charge in [0.15, 0.2) is 0 Å². The normalized spacial score (nSPS) is 16.6. The Morgan fingerprint density at radius 2 is 1.94 bits per heavy atom. The van der Waals surface area contributed by atoms with Gasteiger partial charge in [0.1, 0.15) is 0 Å². The summed E-state index contributed by atoms with van der Waals surface area (Å²) in [5.41, 5.74) is 5.49. The molecule has 3 unspecified atom stereocenters. The lowest BCUT2D eigenvalue weighted by Crippen LogP contribution is -2.38. The van der Waals surface area contributed by atoms with Crippen LogP contribution in [0.4, 0.5) is 0 Å². The van der Waals surface area contributed by atoms with Gasteiger partial charge >= 0.3 is 0 Å². The molecule has 0 rings (SSSR count). The van der Waals surface area contributed by atoms with Crippen molar-refractivity contribution in [1.29, 1.82) is 0 Å². The highest BCUT2D eigenvalue weighted by molar-refractivity contribution is 8.01. The van der Waals surface area contributed by atoms with E-state index in [2.05, 4.69) is 26.1 Å². The zero-order valence-corrected chi connectivity index (χ0v) is 11.8. The minimum absolute atomic E-state index is 0.0147. The molecular formula is C12H26N2OS. The molecule has 0 bridgehead atoms. The molecule has 0 spiro atoms. The maximum atomic E-state index is 11.8. The zero-order chi connectivity index (χ0) is 12.6. The fourth-order valence-corrected chi connectivity index (χ4v) is 2.74. The van der Waals surface area contributed by atoms with Crippen LogP contribution in [0.3, 0.4) is 0 Å². The number of carbonyl (C=O) groups is 1. The molecule has 0 aromatic carbocycles. The summed E-state index contributed by atoms with van der Waals surface area (Å²) in [7, 11) is 0. The molecule has 0 fully saturated rings. The van der Waals surface area contributed by atoms with Crippen LogP contribution in [0.15, 0.2) is 0 Å². The van der Waals surface area contributed by atoms with Crippen molar-refractivity contribution in [2.24, 2.45) is 5.73 Å². The van der Waals surface area contributed by atoms with Crippen LogP contribution in [-0.4, -0.2) is 29.0 Å². The fourth-order valence-electron chi connectivity index (χ4n) is 1.58. The molecule has 0 radical (unpaired) electrons. The minimum atomic E-state index is 0.0147. The van der Waals surface area contributed by atoms with E-state index >= 15 is 0 Å². The van der Waals surface area contributed by atoms with Crippen LogP contribution in [0.5, 0.6) is 0 Å². The average Bonchev–Trinajstić information content (AvgIpc) is 2.17. The highest BCUT2D eigenvalue weighted by atomic mass is 32.2. The van der Waals surface area contributed by atoms with E-state index in [0.717, 1.165) is 19.3 Å². The molecule has 0 aliphatic heterocycles. The van der Waals surface area contributed by atoms with E-state index in [4.69, 9.17) is 5.73 Å². The van der Waals surface area contributed by atoms with E-state index in [9.17, 15) is 4.79 Å². The van der Waals surface area contributed by atoms with Crippen LogP contribution >= 0.6 is 11.8 Å². The fraction of sp³-hybridized carbons (Fsp3) is 0.917. The molecule has 0 heterocycles. The maximum absolute atomic E-state index is 11.8. The molecule has 96 valence electrons. The Bertz CT molecular complexity index is 199. The summed E-state index contributed by atoms with van der Waals surface area (Å²) in [4.78, 5) is 11.8. The number of nitrogens with one attached hydrogen (secondary N) is 1. The summed E-state index contributed by atoms with van der Waals surface area (Å²) in [6.45, 7) is 8.96. The van der Waals surface area contributed by atoms with Crippen molar-refractivity contribution >= 4 is 17.7 Å². The van der Waals surface area contributed by atoms with Crippen LogP contribution < -0.4 is 11.1 Å². The quantitative estimate of drug-likeness (QED) is 0.690. The molecule has 1 amide bonds. The number of carbonyl (C=O) groups excluding carboxylic acids is 1. The largest absolute Gasteiger partial charge is 0.353 e. The van der Waals surface area contributed by atoms with Crippen LogP contribution in [0.2, 0.25) is 0 Å². The maximum Gasteiger partial charge on any atom is 0.233 e. The van der Waals surface area contributed by atoms with Gasteiger partial charge in [-0.05, 0) is 33.2 Å². The zero-order valence-electron chi connectivity index (χ0n) is 11.0. The van der Waals surface area contributed by atoms with Gasteiger partial charge in [-0.2, -0.15) is 0 Å². The Balaban J connectivity index is 3.89. The Morgan fingerprint density at radius 3 is 2.44 bits per heavy atom. The Morgan fingerprint density at radius 1 is 1.31 bits per heavy atom. The standard InChI is InChI=1S/C12H26N2OS/c1-5-6-9(2)14-12(15)11(4)16-10(3)7-8-13/h9-11H,5-8,13H2,1-4H3,(H,14,15). The summed E-state index contributed by atoms with van der Waals surface area (Å²) >= 11 is 1.70. The van der Waals surface area contributed by atoms with Crippen LogP contribution in [-0.2, 0) is 4.79 Å². The summed E-state index contributed by atoms with van der Waals surface area (Å²) in [6, 6.07) is 0.283. The number of hydrogen-bond donors (Lipinski definition) is 2. The third-order valence-corrected chi connectivity index (χ3v) is 3.81. The van der Waals surface area contributed by atoms with Crippen molar-refractivity contribution in [3.63, 3.8) is 0 Å². The van der Waals surface area contributed by atoms with Crippen LogP contribution in [0.1, 0.15) is 47.0 Å². The van der Waals surface area contributed by atoms with E-state index < -0.39 is 0 Å². The van der Waals surface area contributed by atoms with Crippen molar-refractivity contribution in [3.05, 3.63) is 0 Å². The van der Waals surface area contributed by atoms with Gasteiger partial charge in [0.25, 0.3) is 0 Å². The van der Waals surface area contributed by atoms with E-state index in [1.165, 1.54) is 0 Å². The first kappa shape index (κ1) is 15.8. The lowest BCUT2D eigenvalue weighted by molar-refractivity contribution is -0.120. The number of amides is 1. The highest BCUT2D eigenvalue weighted by Gasteiger charge is 2.17. The number of nitrogens with two attached hydrogens (primary N) is 1. The molecule has 3 N–H and O–H groups in total. The predicted molar refractivity (Wildman–Crippen MR) is 72.7 cm³/mol. The molecule has 3 nitrogen and oxygen atoms in total. The van der Waals surface area contributed by atoms with Gasteiger partial charge in [-0.15, -0.1) is 11.8 Å². The second-order valence-corrected chi connectivity index (χ2v) is 6.15. The lowest BCUT2D eigenvalue weighted by Gasteiger charge is -2.19. The van der Waals surface area contributed by atoms with Crippen molar-refractivity contribution in [2.75, 3.05) is 6.54 Å². The molecule has 0 aliphatic carbocycles. The number of rotatable bonds is 8. The molecule has 3 atom stereocenters. The Hall–Kier alpha value is -0.220. The Kier molecular flexibility index (Phi) is 8.76. The molecule has 16 heavy (non-hydrogen) atoms. The first-order valence-electron chi connectivity index (χ1n) is 6.17. The smallest absolute Gasteiger partial charge is 0.233 e. The average molecular weight is 246 g/mol. The van der Waals surface area contributed by atoms with Crippen LogP contribution in [0.25, 0.3) is 0 Å². The van der Waals surface area contributed by atoms with Gasteiger partial charge in [-0.1, -0.05) is 20.3 Å². The topological polar surface area (TPSA) is 55.1 Å². The summed E-state index contributed by atoms with van der Waals surface area (Å²) in [6.07, 6.45) is 3.11. The number of hydrogen-bond acceptors (Lipinski definition) is 3. The van der Waals surface area contributed by atoms with E-state index in [-0.39, 0.29) is 17.2 Å². The third kappa shape index (κ3) is 7.12. The van der Waals surface area contributed by atoms with Gasteiger partial charge in [0.2, 0.25) is 5.91 Å². The molecule has 0 aromatic heterocycles. The molecule has 0 aliphatic rings. The van der Waals surface area contributed by atoms with Crippen LogP contribution in [0, 0.1) is 0 Å². The van der Waals surface area contributed by atoms with Gasteiger partial charge in [-0.25, -0.2) is 0 Å². The first-order valence-corrected chi connectivity index (χ1v) is 7.11. The van der Waals surface area contributed by atoms with Crippen molar-refractivity contribution in [1.82, 2.24) is 5.32 Å². The predicted octanol–water partition coefficient (Wildman–Crippen LogP) is 2.15. The minimum Gasteiger partial charge on any atom is -0.353 e. The van der Waals surface area contributed by atoms with Gasteiger partial charge in [-0.3, -0.25) is 4.79 Å². The Labute approximate surface area is 104 Å². The molecule has 0 saturated heterocycles. The molecular weight excluding hydrogens is 220 g/mol. The highest BCUT2D eigenvalue weighted by Crippen LogP contribution is 2.19. The van der Waals surface area contributed by atoms with Gasteiger partial charge < -0.3 is 11.1 Å².